The van der Waals surface area contributed by atoms with Crippen LogP contribution in [0.2, 0.25) is 0 Å². The lowest BCUT2D eigenvalue weighted by atomic mass is 10.1. The van der Waals surface area contributed by atoms with Crippen LogP contribution in [-0.2, 0) is 12.8 Å². The smallest absolute Gasteiger partial charge is 0.258 e. The molecule has 0 amide bonds. The average molecular weight is 451 g/mol. The van der Waals surface area contributed by atoms with Crippen LogP contribution in [0, 0.1) is 12.7 Å². The van der Waals surface area contributed by atoms with Gasteiger partial charge in [-0.15, -0.1) is 0 Å². The second kappa shape index (κ2) is 10.8. The summed E-state index contributed by atoms with van der Waals surface area (Å²) in [7, 11) is 0. The summed E-state index contributed by atoms with van der Waals surface area (Å²) in [6.07, 6.45) is 9.97. The van der Waals surface area contributed by atoms with E-state index in [-0.39, 0.29) is 11.9 Å². The molecule has 0 spiro atoms. The summed E-state index contributed by atoms with van der Waals surface area (Å²) in [5.41, 5.74) is 2.76. The number of ether oxygens (including phenoxy) is 1. The summed E-state index contributed by atoms with van der Waals surface area (Å²) in [6, 6.07) is 6.26. The highest BCUT2D eigenvalue weighted by Gasteiger charge is 2.24. The number of anilines is 1. The Morgan fingerprint density at radius 1 is 1.03 bits per heavy atom. The van der Waals surface area contributed by atoms with Crippen molar-refractivity contribution in [3.05, 3.63) is 65.5 Å². The Kier molecular flexibility index (Phi) is 7.39. The first-order valence-electron chi connectivity index (χ1n) is 11.1. The fourth-order valence-corrected chi connectivity index (χ4v) is 3.51. The van der Waals surface area contributed by atoms with Crippen LogP contribution >= 0.6 is 0 Å². The Balaban J connectivity index is 1.29. The third-order valence-electron chi connectivity index (χ3n) is 5.55. The summed E-state index contributed by atoms with van der Waals surface area (Å²) in [4.78, 5) is 25.0. The van der Waals surface area contributed by atoms with Gasteiger partial charge in [-0.1, -0.05) is 24.2 Å². The van der Waals surface area contributed by atoms with E-state index in [2.05, 4.69) is 36.9 Å². The van der Waals surface area contributed by atoms with Crippen LogP contribution in [0.15, 0.2) is 48.1 Å². The Labute approximate surface area is 192 Å². The molecule has 33 heavy (non-hydrogen) atoms. The molecule has 3 aromatic rings. The van der Waals surface area contributed by atoms with E-state index in [1.807, 2.05) is 19.3 Å². The zero-order valence-corrected chi connectivity index (χ0v) is 18.8. The fraction of sp³-hybridized carbons (Fsp3) is 0.375. The van der Waals surface area contributed by atoms with Gasteiger partial charge in [0.05, 0.1) is 5.56 Å². The van der Waals surface area contributed by atoms with Gasteiger partial charge in [0, 0.05) is 51.0 Å². The van der Waals surface area contributed by atoms with E-state index < -0.39 is 0 Å². The van der Waals surface area contributed by atoms with Gasteiger partial charge in [0.15, 0.2) is 0 Å². The lowest BCUT2D eigenvalue weighted by molar-refractivity contribution is 0.160. The van der Waals surface area contributed by atoms with E-state index in [0.29, 0.717) is 23.7 Å². The number of halogens is 1. The first kappa shape index (κ1) is 22.6. The van der Waals surface area contributed by atoms with Gasteiger partial charge in [-0.05, 0) is 36.6 Å². The van der Waals surface area contributed by atoms with Crippen LogP contribution in [0.5, 0.6) is 11.8 Å². The molecule has 0 aliphatic carbocycles. The van der Waals surface area contributed by atoms with Crippen molar-refractivity contribution < 1.29 is 14.0 Å². The van der Waals surface area contributed by atoms with E-state index in [1.54, 1.807) is 18.3 Å². The molecule has 0 atom stereocenters. The maximum Gasteiger partial charge on any atom is 0.258 e. The van der Waals surface area contributed by atoms with Gasteiger partial charge in [0.2, 0.25) is 11.8 Å². The number of benzene rings is 1. The number of nitrogens with zero attached hydrogens (tertiary/aromatic N) is 6. The molecule has 8 nitrogen and oxygen atoms in total. The summed E-state index contributed by atoms with van der Waals surface area (Å²) in [6.45, 7) is 5.57. The lowest BCUT2D eigenvalue weighted by Crippen LogP contribution is -2.39. The molecule has 0 unspecified atom stereocenters. The topological polar surface area (TPSA) is 85.6 Å². The third-order valence-corrected chi connectivity index (χ3v) is 5.55. The molecular formula is C24H27FN6O2. The van der Waals surface area contributed by atoms with E-state index in [1.165, 1.54) is 18.5 Å². The Bertz CT molecular complexity index is 1070. The van der Waals surface area contributed by atoms with Gasteiger partial charge in [0.1, 0.15) is 18.2 Å². The van der Waals surface area contributed by atoms with Crippen molar-refractivity contribution in [2.24, 2.45) is 5.16 Å². The molecule has 0 N–H and O–H groups in total. The van der Waals surface area contributed by atoms with Crippen LogP contribution in [0.25, 0.3) is 0 Å². The summed E-state index contributed by atoms with van der Waals surface area (Å²) < 4.78 is 19.1. The minimum absolute atomic E-state index is 0.0413. The van der Waals surface area contributed by atoms with Crippen molar-refractivity contribution in [3.8, 4) is 11.8 Å². The Morgan fingerprint density at radius 3 is 2.42 bits per heavy atom. The standard InChI is InChI=1S/C24H27FN6O2/c1-3-18-14-26-24(27-15-18)31-12-9-21(10-13-31)32-22-17(2)23(29-16-28-22)33-30-11-8-19-4-6-20(25)7-5-19/h4-7,11,14-16,21H,3,8-10,12-13H2,1-2H3. The second-order valence-electron chi connectivity index (χ2n) is 7.87. The maximum atomic E-state index is 13.0. The van der Waals surface area contributed by atoms with Gasteiger partial charge in [-0.25, -0.2) is 19.3 Å². The molecule has 0 radical (unpaired) electrons. The SMILES string of the molecule is CCc1cnc(N2CCC(Oc3ncnc(ON=CCc4ccc(F)cc4)c3C)CC2)nc1. The molecule has 1 aromatic carbocycles. The molecule has 3 heterocycles. The molecule has 0 bridgehead atoms. The number of aryl methyl sites for hydroxylation is 1. The van der Waals surface area contributed by atoms with E-state index >= 15 is 0 Å². The van der Waals surface area contributed by atoms with E-state index in [9.17, 15) is 4.39 Å². The molecule has 4 rings (SSSR count). The van der Waals surface area contributed by atoms with Crippen molar-refractivity contribution in [1.82, 2.24) is 19.9 Å². The molecule has 1 aliphatic heterocycles. The van der Waals surface area contributed by atoms with Crippen LogP contribution in [-0.4, -0.2) is 45.3 Å². The predicted octanol–water partition coefficient (Wildman–Crippen LogP) is 3.93. The van der Waals surface area contributed by atoms with Gasteiger partial charge < -0.3 is 14.5 Å². The van der Waals surface area contributed by atoms with Crippen molar-refractivity contribution in [2.45, 2.75) is 45.6 Å². The van der Waals surface area contributed by atoms with Crippen molar-refractivity contribution in [2.75, 3.05) is 18.0 Å². The number of rotatable bonds is 8. The summed E-state index contributed by atoms with van der Waals surface area (Å²) >= 11 is 0. The number of aromatic nitrogens is 4. The van der Waals surface area contributed by atoms with Crippen molar-refractivity contribution >= 4 is 12.2 Å². The van der Waals surface area contributed by atoms with Crippen LogP contribution in [0.1, 0.15) is 36.5 Å². The van der Waals surface area contributed by atoms with E-state index in [0.717, 1.165) is 49.4 Å². The quantitative estimate of drug-likeness (QED) is 0.380. The molecule has 2 aromatic heterocycles. The number of hydrogen-bond acceptors (Lipinski definition) is 8. The zero-order valence-electron chi connectivity index (χ0n) is 18.8. The Morgan fingerprint density at radius 2 is 1.73 bits per heavy atom. The number of oxime groups is 1. The minimum Gasteiger partial charge on any atom is -0.474 e. The van der Waals surface area contributed by atoms with Gasteiger partial charge in [-0.3, -0.25) is 0 Å². The summed E-state index contributed by atoms with van der Waals surface area (Å²) in [5, 5.41) is 3.98. The molecule has 1 fully saturated rings. The van der Waals surface area contributed by atoms with Gasteiger partial charge in [-0.2, -0.15) is 4.98 Å². The van der Waals surface area contributed by atoms with Gasteiger partial charge in [0.25, 0.3) is 5.88 Å². The predicted molar refractivity (Wildman–Crippen MR) is 123 cm³/mol. The highest BCUT2D eigenvalue weighted by Crippen LogP contribution is 2.26. The average Bonchev–Trinajstić information content (AvgIpc) is 2.85. The normalized spacial score (nSPS) is 14.6. The van der Waals surface area contributed by atoms with Gasteiger partial charge >= 0.3 is 0 Å². The van der Waals surface area contributed by atoms with Crippen molar-refractivity contribution in [3.63, 3.8) is 0 Å². The molecular weight excluding hydrogens is 423 g/mol. The summed E-state index contributed by atoms with van der Waals surface area (Å²) in [5.74, 6) is 1.34. The lowest BCUT2D eigenvalue weighted by Gasteiger charge is -2.32. The fourth-order valence-electron chi connectivity index (χ4n) is 3.51. The van der Waals surface area contributed by atoms with Crippen LogP contribution in [0.4, 0.5) is 10.3 Å². The first-order valence-corrected chi connectivity index (χ1v) is 11.1. The third kappa shape index (κ3) is 6.00. The minimum atomic E-state index is -0.263. The zero-order chi connectivity index (χ0) is 23.0. The highest BCUT2D eigenvalue weighted by molar-refractivity contribution is 5.60. The first-order chi connectivity index (χ1) is 16.1. The maximum absolute atomic E-state index is 13.0. The van der Waals surface area contributed by atoms with Crippen LogP contribution in [0.3, 0.4) is 0 Å². The van der Waals surface area contributed by atoms with E-state index in [4.69, 9.17) is 9.57 Å². The molecule has 172 valence electrons. The van der Waals surface area contributed by atoms with Crippen molar-refractivity contribution in [1.29, 1.82) is 0 Å². The Hall–Kier alpha value is -3.62. The monoisotopic (exact) mass is 450 g/mol. The molecule has 9 heteroatoms. The largest absolute Gasteiger partial charge is 0.474 e. The molecule has 1 saturated heterocycles. The van der Waals surface area contributed by atoms with Crippen LogP contribution < -0.4 is 14.5 Å². The molecule has 0 saturated carbocycles. The molecule has 1 aliphatic rings. The number of piperidine rings is 1. The highest BCUT2D eigenvalue weighted by atomic mass is 19.1. The number of hydrogen-bond donors (Lipinski definition) is 0. The second-order valence-corrected chi connectivity index (χ2v) is 7.87.